The first kappa shape index (κ1) is 13.4. The molecule has 98 valence electrons. The Morgan fingerprint density at radius 1 is 1.56 bits per heavy atom. The number of nitrogens with one attached hydrogen (secondary N) is 1. The molecule has 0 aliphatic carbocycles. The van der Waals surface area contributed by atoms with Gasteiger partial charge in [-0.15, -0.1) is 0 Å². The molecule has 1 N–H and O–H groups in total. The second kappa shape index (κ2) is 6.24. The molecule has 1 atom stereocenters. The van der Waals surface area contributed by atoms with Crippen molar-refractivity contribution in [2.24, 2.45) is 0 Å². The van der Waals surface area contributed by atoms with Crippen LogP contribution in [0.3, 0.4) is 0 Å². The maximum absolute atomic E-state index is 10.9. The SMILES string of the molecule is O=[N+]([O-])c1ccc(Cl)nc1NCC1CCCCS1. The van der Waals surface area contributed by atoms with Gasteiger partial charge in [-0.05, 0) is 24.7 Å². The van der Waals surface area contributed by atoms with Crippen LogP contribution in [0.2, 0.25) is 5.15 Å². The van der Waals surface area contributed by atoms with E-state index in [1.165, 1.54) is 25.0 Å². The van der Waals surface area contributed by atoms with E-state index in [0.29, 0.717) is 11.8 Å². The third kappa shape index (κ3) is 3.49. The van der Waals surface area contributed by atoms with Gasteiger partial charge in [0.15, 0.2) is 0 Å². The fourth-order valence-electron chi connectivity index (χ4n) is 1.88. The quantitative estimate of drug-likeness (QED) is 0.522. The molecule has 1 aromatic heterocycles. The summed E-state index contributed by atoms with van der Waals surface area (Å²) in [4.78, 5) is 14.4. The first-order valence-corrected chi connectivity index (χ1v) is 7.26. The molecule has 1 saturated heterocycles. The smallest absolute Gasteiger partial charge is 0.311 e. The number of anilines is 1. The number of nitro groups is 1. The number of rotatable bonds is 4. The monoisotopic (exact) mass is 287 g/mol. The zero-order chi connectivity index (χ0) is 13.0. The molecular weight excluding hydrogens is 274 g/mol. The van der Waals surface area contributed by atoms with Gasteiger partial charge in [-0.2, -0.15) is 11.8 Å². The molecule has 18 heavy (non-hydrogen) atoms. The van der Waals surface area contributed by atoms with E-state index in [2.05, 4.69) is 10.3 Å². The lowest BCUT2D eigenvalue weighted by molar-refractivity contribution is -0.384. The minimum Gasteiger partial charge on any atom is -0.363 e. The van der Waals surface area contributed by atoms with Gasteiger partial charge in [0.05, 0.1) is 4.92 Å². The molecule has 1 unspecified atom stereocenters. The number of nitrogens with zero attached hydrogens (tertiary/aromatic N) is 2. The van der Waals surface area contributed by atoms with E-state index in [1.807, 2.05) is 11.8 Å². The van der Waals surface area contributed by atoms with Crippen molar-refractivity contribution >= 4 is 34.9 Å². The molecule has 2 rings (SSSR count). The van der Waals surface area contributed by atoms with Gasteiger partial charge < -0.3 is 5.32 Å². The van der Waals surface area contributed by atoms with Crippen LogP contribution < -0.4 is 5.32 Å². The Labute approximate surface area is 114 Å². The second-order valence-electron chi connectivity index (χ2n) is 4.13. The third-order valence-corrected chi connectivity index (χ3v) is 4.42. The van der Waals surface area contributed by atoms with Gasteiger partial charge in [0.25, 0.3) is 0 Å². The number of hydrogen-bond donors (Lipinski definition) is 1. The highest BCUT2D eigenvalue weighted by Gasteiger charge is 2.18. The molecule has 0 radical (unpaired) electrons. The van der Waals surface area contributed by atoms with Crippen molar-refractivity contribution < 1.29 is 4.92 Å². The average molecular weight is 288 g/mol. The van der Waals surface area contributed by atoms with E-state index in [1.54, 1.807) is 0 Å². The fourth-order valence-corrected chi connectivity index (χ4v) is 3.27. The first-order valence-electron chi connectivity index (χ1n) is 5.83. The standard InChI is InChI=1S/C11H14ClN3O2S/c12-10-5-4-9(15(16)17)11(14-10)13-7-8-3-1-2-6-18-8/h4-5,8H,1-3,6-7H2,(H,13,14). The van der Waals surface area contributed by atoms with E-state index >= 15 is 0 Å². The minimum atomic E-state index is -0.445. The van der Waals surface area contributed by atoms with Crippen molar-refractivity contribution in [2.75, 3.05) is 17.6 Å². The molecular formula is C11H14ClN3O2S. The van der Waals surface area contributed by atoms with Gasteiger partial charge in [-0.3, -0.25) is 10.1 Å². The summed E-state index contributed by atoms with van der Waals surface area (Å²) in [6.45, 7) is 0.693. The number of pyridine rings is 1. The van der Waals surface area contributed by atoms with E-state index < -0.39 is 4.92 Å². The van der Waals surface area contributed by atoms with Gasteiger partial charge in [-0.1, -0.05) is 18.0 Å². The van der Waals surface area contributed by atoms with Gasteiger partial charge in [0.1, 0.15) is 5.15 Å². The topological polar surface area (TPSA) is 68.1 Å². The lowest BCUT2D eigenvalue weighted by Crippen LogP contribution is -2.20. The van der Waals surface area contributed by atoms with Crippen LogP contribution in [0.5, 0.6) is 0 Å². The van der Waals surface area contributed by atoms with Crippen molar-refractivity contribution in [3.63, 3.8) is 0 Å². The van der Waals surface area contributed by atoms with Gasteiger partial charge in [-0.25, -0.2) is 4.98 Å². The highest BCUT2D eigenvalue weighted by atomic mass is 35.5. The zero-order valence-corrected chi connectivity index (χ0v) is 11.3. The first-order chi connectivity index (χ1) is 8.66. The van der Waals surface area contributed by atoms with Gasteiger partial charge in [0, 0.05) is 17.9 Å². The number of aromatic nitrogens is 1. The molecule has 1 fully saturated rings. The summed E-state index contributed by atoms with van der Waals surface area (Å²) < 4.78 is 0. The maximum atomic E-state index is 10.9. The van der Waals surface area contributed by atoms with E-state index in [9.17, 15) is 10.1 Å². The predicted octanol–water partition coefficient (Wildman–Crippen LogP) is 3.34. The van der Waals surface area contributed by atoms with Crippen molar-refractivity contribution in [1.29, 1.82) is 0 Å². The van der Waals surface area contributed by atoms with Crippen molar-refractivity contribution in [1.82, 2.24) is 4.98 Å². The molecule has 1 aliphatic rings. The second-order valence-corrected chi connectivity index (χ2v) is 5.92. The summed E-state index contributed by atoms with van der Waals surface area (Å²) >= 11 is 7.67. The molecule has 2 heterocycles. The summed E-state index contributed by atoms with van der Waals surface area (Å²) in [7, 11) is 0. The summed E-state index contributed by atoms with van der Waals surface area (Å²) in [5.41, 5.74) is -0.0276. The highest BCUT2D eigenvalue weighted by molar-refractivity contribution is 7.99. The fraction of sp³-hybridized carbons (Fsp3) is 0.545. The summed E-state index contributed by atoms with van der Waals surface area (Å²) in [5, 5.41) is 14.7. The summed E-state index contributed by atoms with van der Waals surface area (Å²) in [5.74, 6) is 1.43. The Hall–Kier alpha value is -1.01. The van der Waals surface area contributed by atoms with Gasteiger partial charge >= 0.3 is 5.69 Å². The van der Waals surface area contributed by atoms with Crippen LogP contribution in [-0.4, -0.2) is 27.5 Å². The Bertz CT molecular complexity index is 438. The molecule has 5 nitrogen and oxygen atoms in total. The van der Waals surface area contributed by atoms with Crippen LogP contribution in [0.15, 0.2) is 12.1 Å². The molecule has 0 aromatic carbocycles. The Morgan fingerprint density at radius 3 is 3.06 bits per heavy atom. The van der Waals surface area contributed by atoms with Crippen LogP contribution in [0.25, 0.3) is 0 Å². The lowest BCUT2D eigenvalue weighted by atomic mass is 10.2. The maximum Gasteiger partial charge on any atom is 0.311 e. The Kier molecular flexibility index (Phi) is 4.66. The molecule has 0 amide bonds. The molecule has 0 bridgehead atoms. The van der Waals surface area contributed by atoms with Crippen molar-refractivity contribution in [3.8, 4) is 0 Å². The largest absolute Gasteiger partial charge is 0.363 e. The molecule has 1 aromatic rings. The van der Waals surface area contributed by atoms with E-state index in [-0.39, 0.29) is 16.7 Å². The normalized spacial score (nSPS) is 19.5. The van der Waals surface area contributed by atoms with Crippen molar-refractivity contribution in [3.05, 3.63) is 27.4 Å². The number of hydrogen-bond acceptors (Lipinski definition) is 5. The van der Waals surface area contributed by atoms with Crippen LogP contribution in [-0.2, 0) is 0 Å². The number of thioether (sulfide) groups is 1. The van der Waals surface area contributed by atoms with Crippen LogP contribution in [0.4, 0.5) is 11.5 Å². The number of halogens is 1. The Morgan fingerprint density at radius 2 is 2.39 bits per heavy atom. The summed E-state index contributed by atoms with van der Waals surface area (Å²) in [6.07, 6.45) is 3.63. The summed E-state index contributed by atoms with van der Waals surface area (Å²) in [6, 6.07) is 2.81. The van der Waals surface area contributed by atoms with Gasteiger partial charge in [0.2, 0.25) is 5.82 Å². The lowest BCUT2D eigenvalue weighted by Gasteiger charge is -2.21. The van der Waals surface area contributed by atoms with Crippen LogP contribution >= 0.6 is 23.4 Å². The average Bonchev–Trinajstić information content (AvgIpc) is 2.37. The molecule has 0 saturated carbocycles. The van der Waals surface area contributed by atoms with Crippen LogP contribution in [0.1, 0.15) is 19.3 Å². The predicted molar refractivity (Wildman–Crippen MR) is 74.5 cm³/mol. The molecule has 0 spiro atoms. The zero-order valence-electron chi connectivity index (χ0n) is 9.76. The third-order valence-electron chi connectivity index (χ3n) is 2.81. The molecule has 1 aliphatic heterocycles. The van der Waals surface area contributed by atoms with E-state index in [0.717, 1.165) is 12.2 Å². The molecule has 7 heteroatoms. The Balaban J connectivity index is 2.03. The minimum absolute atomic E-state index is 0.0276. The van der Waals surface area contributed by atoms with E-state index in [4.69, 9.17) is 11.6 Å². The van der Waals surface area contributed by atoms with Crippen LogP contribution in [0, 0.1) is 10.1 Å². The highest BCUT2D eigenvalue weighted by Crippen LogP contribution is 2.27. The van der Waals surface area contributed by atoms with Crippen molar-refractivity contribution in [2.45, 2.75) is 24.5 Å².